The van der Waals surface area contributed by atoms with Gasteiger partial charge in [0, 0.05) is 53.7 Å². The molecule has 44 heavy (non-hydrogen) atoms. The zero-order valence-corrected chi connectivity index (χ0v) is 27.3. The topological polar surface area (TPSA) is 72.6 Å². The van der Waals surface area contributed by atoms with Crippen molar-refractivity contribution in [3.05, 3.63) is 107 Å². The summed E-state index contributed by atoms with van der Waals surface area (Å²) in [7, 11) is -1.83. The number of unbranched alkanes of at least 4 members (excludes halogenated alkanes) is 1. The molecule has 7 heteroatoms. The number of para-hydroxylation sites is 2. The molecule has 0 atom stereocenters. The average Bonchev–Trinajstić information content (AvgIpc) is 3.53. The zero-order valence-electron chi connectivity index (χ0n) is 26.5. The van der Waals surface area contributed by atoms with E-state index in [-0.39, 0.29) is 16.6 Å². The van der Waals surface area contributed by atoms with Crippen LogP contribution in [0.4, 0.5) is 11.4 Å². The average molecular weight is 611 g/mol. The molecule has 2 heterocycles. The van der Waals surface area contributed by atoms with E-state index in [9.17, 15) is 13.0 Å². The molecule has 230 valence electrons. The summed E-state index contributed by atoms with van der Waals surface area (Å²) in [6.07, 6.45) is 17.5. The molecule has 0 saturated carbocycles. The number of hydrogen-bond acceptors (Lipinski definition) is 4. The number of nitrogens with zero attached hydrogens (tertiary/aromatic N) is 2. The minimum absolute atomic E-state index is 0.0929. The van der Waals surface area contributed by atoms with Gasteiger partial charge in [-0.2, -0.15) is 13.0 Å². The highest BCUT2D eigenvalue weighted by molar-refractivity contribution is 7.85. The zero-order chi connectivity index (χ0) is 31.7. The van der Waals surface area contributed by atoms with E-state index >= 15 is 0 Å². The first-order chi connectivity index (χ1) is 20.9. The number of allylic oxidation sites excluding steroid dienone is 7. The van der Waals surface area contributed by atoms with Gasteiger partial charge in [0.15, 0.2) is 5.71 Å². The summed E-state index contributed by atoms with van der Waals surface area (Å²) in [5.41, 5.74) is 10.7. The lowest BCUT2D eigenvalue weighted by Crippen LogP contribution is -2.28. The Labute approximate surface area is 263 Å². The van der Waals surface area contributed by atoms with Gasteiger partial charge >= 0.3 is 0 Å². The number of anilines is 1. The van der Waals surface area contributed by atoms with Crippen LogP contribution in [0.1, 0.15) is 64.5 Å². The van der Waals surface area contributed by atoms with E-state index in [2.05, 4.69) is 122 Å². The fourth-order valence-corrected chi connectivity index (χ4v) is 7.59. The van der Waals surface area contributed by atoms with Crippen LogP contribution < -0.4 is 10.2 Å². The fourth-order valence-electron chi connectivity index (χ4n) is 7.02. The maximum absolute atomic E-state index is 11.3. The normalized spacial score (nSPS) is 20.6. The first kappa shape index (κ1) is 31.6. The van der Waals surface area contributed by atoms with Crippen LogP contribution in [-0.4, -0.2) is 49.1 Å². The van der Waals surface area contributed by atoms with Gasteiger partial charge in [-0.3, -0.25) is 4.55 Å². The number of fused-ring (bicyclic) bond motifs is 2. The minimum atomic E-state index is -3.97. The van der Waals surface area contributed by atoms with Crippen LogP contribution in [0.5, 0.6) is 0 Å². The van der Waals surface area contributed by atoms with Crippen LogP contribution in [0.15, 0.2) is 95.4 Å². The predicted molar refractivity (Wildman–Crippen MR) is 181 cm³/mol. The molecule has 1 aliphatic carbocycles. The summed E-state index contributed by atoms with van der Waals surface area (Å²) in [6, 6.07) is 17.0. The summed E-state index contributed by atoms with van der Waals surface area (Å²) in [6.45, 7) is 10.1. The number of benzene rings is 2. The van der Waals surface area contributed by atoms with Gasteiger partial charge in [0.25, 0.3) is 10.1 Å². The molecule has 0 spiro atoms. The van der Waals surface area contributed by atoms with Crippen molar-refractivity contribution < 1.29 is 17.5 Å². The van der Waals surface area contributed by atoms with Crippen molar-refractivity contribution >= 4 is 27.2 Å². The van der Waals surface area contributed by atoms with Crippen LogP contribution in [0.2, 0.25) is 0 Å². The van der Waals surface area contributed by atoms with E-state index in [1.807, 2.05) is 6.07 Å². The van der Waals surface area contributed by atoms with Gasteiger partial charge in [-0.25, -0.2) is 0 Å². The van der Waals surface area contributed by atoms with Crippen LogP contribution >= 0.6 is 0 Å². The monoisotopic (exact) mass is 610 g/mol. The summed E-state index contributed by atoms with van der Waals surface area (Å²) in [4.78, 5) is 2.29. The lowest BCUT2D eigenvalue weighted by atomic mass is 9.81. The fraction of sp³-hybridized carbons (Fsp3) is 0.378. The molecular formula is C37H44N3O3S+. The number of nitrogens with one attached hydrogen (secondary N) is 1. The highest BCUT2D eigenvalue weighted by atomic mass is 32.2. The van der Waals surface area contributed by atoms with E-state index in [1.165, 1.54) is 39.4 Å². The Balaban J connectivity index is 1.48. The molecule has 0 radical (unpaired) electrons. The lowest BCUT2D eigenvalue weighted by molar-refractivity contribution is -0.438. The molecule has 2 aromatic carbocycles. The van der Waals surface area contributed by atoms with Crippen molar-refractivity contribution in [1.82, 2.24) is 5.32 Å². The van der Waals surface area contributed by atoms with Gasteiger partial charge < -0.3 is 10.2 Å². The second kappa shape index (κ2) is 12.3. The third-order valence-electron chi connectivity index (χ3n) is 9.33. The van der Waals surface area contributed by atoms with Crippen molar-refractivity contribution in [2.75, 3.05) is 30.8 Å². The molecule has 0 saturated heterocycles. The number of rotatable bonds is 10. The van der Waals surface area contributed by atoms with Gasteiger partial charge in [-0.05, 0) is 62.0 Å². The van der Waals surface area contributed by atoms with Crippen molar-refractivity contribution in [2.24, 2.45) is 0 Å². The van der Waals surface area contributed by atoms with E-state index in [4.69, 9.17) is 6.42 Å². The van der Waals surface area contributed by atoms with Gasteiger partial charge in [-0.15, -0.1) is 6.42 Å². The predicted octanol–water partition coefficient (Wildman–Crippen LogP) is 6.80. The smallest absolute Gasteiger partial charge is 0.264 e. The van der Waals surface area contributed by atoms with E-state index < -0.39 is 10.1 Å². The Kier molecular flexibility index (Phi) is 8.80. The first-order valence-electron chi connectivity index (χ1n) is 15.4. The molecule has 0 unspecified atom stereocenters. The molecule has 0 aromatic heterocycles. The summed E-state index contributed by atoms with van der Waals surface area (Å²) >= 11 is 0. The van der Waals surface area contributed by atoms with Crippen LogP contribution in [0.3, 0.4) is 0 Å². The molecule has 0 amide bonds. The molecule has 2 N–H and O–H groups in total. The Morgan fingerprint density at radius 2 is 1.68 bits per heavy atom. The maximum Gasteiger partial charge on any atom is 0.264 e. The number of hydrogen-bond donors (Lipinski definition) is 2. The van der Waals surface area contributed by atoms with Crippen molar-refractivity contribution in [3.63, 3.8) is 0 Å². The Bertz CT molecular complexity index is 1760. The van der Waals surface area contributed by atoms with Crippen LogP contribution in [0, 0.1) is 12.3 Å². The standard InChI is InChI=1S/C37H43N3O3S/c1-7-24-38-35-27(20-22-33-36(2,3)29-14-8-10-16-31(29)39(33)6)18-19-28(35)21-23-34-37(4,5)30-15-9-11-17-32(30)40(34)25-12-13-26-44(41,42)43/h1,8-11,14-17,20-23H,12-13,18-19,24-26H2,2-6H3,(H,41,42,43)/p+1/b27-20+,33-22+. The summed E-state index contributed by atoms with van der Waals surface area (Å²) in [5.74, 6) is 2.52. The highest BCUT2D eigenvalue weighted by Crippen LogP contribution is 2.47. The maximum atomic E-state index is 11.3. The van der Waals surface area contributed by atoms with Crippen molar-refractivity contribution in [1.29, 1.82) is 0 Å². The first-order valence-corrected chi connectivity index (χ1v) is 17.0. The van der Waals surface area contributed by atoms with Crippen molar-refractivity contribution in [3.8, 4) is 12.3 Å². The van der Waals surface area contributed by atoms with E-state index in [1.54, 1.807) is 0 Å². The van der Waals surface area contributed by atoms with Gasteiger partial charge in [0.1, 0.15) is 6.54 Å². The third-order valence-corrected chi connectivity index (χ3v) is 10.1. The second-order valence-electron chi connectivity index (χ2n) is 12.9. The number of likely N-dealkylation sites (N-methyl/N-ethyl adjacent to an activating group) is 1. The van der Waals surface area contributed by atoms with Gasteiger partial charge in [0.05, 0.1) is 17.7 Å². The minimum Gasteiger partial charge on any atom is -0.374 e. The molecule has 2 aliphatic heterocycles. The quantitative estimate of drug-likeness (QED) is 0.134. The van der Waals surface area contributed by atoms with Crippen molar-refractivity contribution in [2.45, 2.75) is 64.2 Å². The van der Waals surface area contributed by atoms with Crippen LogP contribution in [-0.2, 0) is 20.9 Å². The Morgan fingerprint density at radius 1 is 0.977 bits per heavy atom. The molecule has 0 bridgehead atoms. The highest BCUT2D eigenvalue weighted by Gasteiger charge is 2.44. The summed E-state index contributed by atoms with van der Waals surface area (Å²) < 4.78 is 34.1. The Hall–Kier alpha value is -3.86. The molecule has 3 aliphatic rings. The largest absolute Gasteiger partial charge is 0.374 e. The van der Waals surface area contributed by atoms with Gasteiger partial charge in [-0.1, -0.05) is 68.3 Å². The van der Waals surface area contributed by atoms with E-state index in [0.717, 1.165) is 24.2 Å². The SMILES string of the molecule is C#CCNC1=C(/C=C/C2=[N+](CCCCS(=O)(=O)O)c3ccccc3C2(C)C)CC/C1=C\C=C1\N(C)c2ccccc2C1(C)C. The molecule has 0 fully saturated rings. The lowest BCUT2D eigenvalue weighted by Gasteiger charge is -2.24. The molecule has 5 rings (SSSR count). The van der Waals surface area contributed by atoms with E-state index in [0.29, 0.717) is 25.9 Å². The second-order valence-corrected chi connectivity index (χ2v) is 14.5. The molecular weight excluding hydrogens is 566 g/mol. The molecule has 6 nitrogen and oxygen atoms in total. The Morgan fingerprint density at radius 3 is 2.39 bits per heavy atom. The summed E-state index contributed by atoms with van der Waals surface area (Å²) in [5, 5.41) is 3.51. The third kappa shape index (κ3) is 6.06. The van der Waals surface area contributed by atoms with Crippen LogP contribution in [0.25, 0.3) is 0 Å². The number of terminal acetylenes is 1. The van der Waals surface area contributed by atoms with Gasteiger partial charge in [0.2, 0.25) is 5.69 Å². The molecule has 2 aromatic rings.